The van der Waals surface area contributed by atoms with Gasteiger partial charge in [0.15, 0.2) is 0 Å². The summed E-state index contributed by atoms with van der Waals surface area (Å²) < 4.78 is 5.72. The lowest BCUT2D eigenvalue weighted by Gasteiger charge is -2.32. The molecule has 4 nitrogen and oxygen atoms in total. The lowest BCUT2D eigenvalue weighted by atomic mass is 10.2. The molecule has 1 aliphatic rings. The number of rotatable bonds is 6. The molecule has 0 saturated carbocycles. The van der Waals surface area contributed by atoms with Crippen LogP contribution in [0.5, 0.6) is 0 Å². The van der Waals surface area contributed by atoms with E-state index in [4.69, 9.17) is 4.74 Å². The number of nitrogens with zero attached hydrogens (tertiary/aromatic N) is 2. The van der Waals surface area contributed by atoms with Crippen LogP contribution in [0.4, 0.5) is 5.82 Å². The molecule has 19 heavy (non-hydrogen) atoms. The Morgan fingerprint density at radius 1 is 1.47 bits per heavy atom. The second-order valence-electron chi connectivity index (χ2n) is 5.07. The van der Waals surface area contributed by atoms with Crippen LogP contribution in [-0.2, 0) is 11.3 Å². The normalized spacial score (nSPS) is 20.4. The molecule has 1 aliphatic heterocycles. The Balaban J connectivity index is 1.97. The van der Waals surface area contributed by atoms with E-state index >= 15 is 0 Å². The van der Waals surface area contributed by atoms with Gasteiger partial charge in [-0.15, -0.1) is 0 Å². The van der Waals surface area contributed by atoms with E-state index < -0.39 is 0 Å². The van der Waals surface area contributed by atoms with Gasteiger partial charge in [0, 0.05) is 37.9 Å². The first kappa shape index (κ1) is 14.3. The summed E-state index contributed by atoms with van der Waals surface area (Å²) in [6.45, 7) is 9.17. The van der Waals surface area contributed by atoms with Gasteiger partial charge < -0.3 is 10.1 Å². The standard InChI is InChI=1S/C15H25N3O/c1-3-7-16-15-13(6-5-8-17-15)11-18-9-10-19-14(4-2)12-18/h5-6,8,14H,3-4,7,9-12H2,1-2H3,(H,16,17). The summed E-state index contributed by atoms with van der Waals surface area (Å²) in [5.74, 6) is 1.03. The van der Waals surface area contributed by atoms with Gasteiger partial charge in [-0.1, -0.05) is 19.9 Å². The third kappa shape index (κ3) is 4.18. The van der Waals surface area contributed by atoms with Crippen LogP contribution < -0.4 is 5.32 Å². The molecule has 2 heterocycles. The van der Waals surface area contributed by atoms with Gasteiger partial charge >= 0.3 is 0 Å². The van der Waals surface area contributed by atoms with Crippen molar-refractivity contribution >= 4 is 5.82 Å². The summed E-state index contributed by atoms with van der Waals surface area (Å²) in [7, 11) is 0. The van der Waals surface area contributed by atoms with Crippen molar-refractivity contribution < 1.29 is 4.74 Å². The predicted octanol–water partition coefficient (Wildman–Crippen LogP) is 2.51. The molecule has 0 spiro atoms. The van der Waals surface area contributed by atoms with Crippen molar-refractivity contribution in [2.45, 2.75) is 39.3 Å². The SMILES string of the molecule is CCCNc1ncccc1CN1CCOC(CC)C1. The highest BCUT2D eigenvalue weighted by molar-refractivity contribution is 5.43. The van der Waals surface area contributed by atoms with Crippen molar-refractivity contribution in [1.29, 1.82) is 0 Å². The van der Waals surface area contributed by atoms with E-state index in [2.05, 4.69) is 35.1 Å². The molecule has 106 valence electrons. The minimum Gasteiger partial charge on any atom is -0.376 e. The highest BCUT2D eigenvalue weighted by atomic mass is 16.5. The number of ether oxygens (including phenoxy) is 1. The molecule has 0 amide bonds. The van der Waals surface area contributed by atoms with E-state index in [9.17, 15) is 0 Å². The van der Waals surface area contributed by atoms with Crippen molar-refractivity contribution in [3.8, 4) is 0 Å². The van der Waals surface area contributed by atoms with E-state index in [1.165, 1.54) is 5.56 Å². The summed E-state index contributed by atoms with van der Waals surface area (Å²) in [4.78, 5) is 6.92. The number of morpholine rings is 1. The van der Waals surface area contributed by atoms with Crippen molar-refractivity contribution in [2.75, 3.05) is 31.6 Å². The monoisotopic (exact) mass is 263 g/mol. The van der Waals surface area contributed by atoms with E-state index in [1.807, 2.05) is 12.3 Å². The zero-order chi connectivity index (χ0) is 13.5. The molecular formula is C15H25N3O. The maximum Gasteiger partial charge on any atom is 0.130 e. The lowest BCUT2D eigenvalue weighted by Crippen LogP contribution is -2.41. The molecule has 1 N–H and O–H groups in total. The molecule has 0 aliphatic carbocycles. The molecule has 1 fully saturated rings. The minimum atomic E-state index is 0.387. The Kier molecular flexibility index (Phi) is 5.61. The van der Waals surface area contributed by atoms with Gasteiger partial charge in [0.2, 0.25) is 0 Å². The van der Waals surface area contributed by atoms with E-state index in [0.717, 1.165) is 51.4 Å². The summed E-state index contributed by atoms with van der Waals surface area (Å²) in [6, 6.07) is 4.19. The molecular weight excluding hydrogens is 238 g/mol. The summed E-state index contributed by atoms with van der Waals surface area (Å²) in [6.07, 6.45) is 4.45. The van der Waals surface area contributed by atoms with E-state index in [0.29, 0.717) is 6.10 Å². The molecule has 0 bridgehead atoms. The Bertz CT molecular complexity index is 383. The number of pyridine rings is 1. The van der Waals surface area contributed by atoms with Crippen LogP contribution in [0, 0.1) is 0 Å². The number of hydrogen-bond donors (Lipinski definition) is 1. The smallest absolute Gasteiger partial charge is 0.130 e. The van der Waals surface area contributed by atoms with Gasteiger partial charge in [0.05, 0.1) is 12.7 Å². The lowest BCUT2D eigenvalue weighted by molar-refractivity contribution is -0.0324. The van der Waals surface area contributed by atoms with Crippen molar-refractivity contribution in [3.05, 3.63) is 23.9 Å². The van der Waals surface area contributed by atoms with E-state index in [1.54, 1.807) is 0 Å². The van der Waals surface area contributed by atoms with Crippen LogP contribution in [0.3, 0.4) is 0 Å². The molecule has 1 saturated heterocycles. The highest BCUT2D eigenvalue weighted by Gasteiger charge is 2.19. The second kappa shape index (κ2) is 7.46. The molecule has 0 aromatic carbocycles. The van der Waals surface area contributed by atoms with Crippen molar-refractivity contribution in [2.24, 2.45) is 0 Å². The fourth-order valence-electron chi connectivity index (χ4n) is 2.38. The van der Waals surface area contributed by atoms with Crippen LogP contribution in [0.1, 0.15) is 32.3 Å². The fraction of sp³-hybridized carbons (Fsp3) is 0.667. The van der Waals surface area contributed by atoms with Crippen LogP contribution in [0.2, 0.25) is 0 Å². The zero-order valence-corrected chi connectivity index (χ0v) is 12.1. The quantitative estimate of drug-likeness (QED) is 0.856. The zero-order valence-electron chi connectivity index (χ0n) is 12.1. The maximum atomic E-state index is 5.72. The number of hydrogen-bond acceptors (Lipinski definition) is 4. The fourth-order valence-corrected chi connectivity index (χ4v) is 2.38. The molecule has 4 heteroatoms. The maximum absolute atomic E-state index is 5.72. The topological polar surface area (TPSA) is 37.4 Å². The van der Waals surface area contributed by atoms with Gasteiger partial charge in [-0.25, -0.2) is 4.98 Å². The Hall–Kier alpha value is -1.13. The Morgan fingerprint density at radius 3 is 3.16 bits per heavy atom. The molecule has 1 aromatic heterocycles. The minimum absolute atomic E-state index is 0.387. The van der Waals surface area contributed by atoms with Gasteiger partial charge in [-0.05, 0) is 18.9 Å². The molecule has 2 rings (SSSR count). The average molecular weight is 263 g/mol. The van der Waals surface area contributed by atoms with Gasteiger partial charge in [0.25, 0.3) is 0 Å². The Labute approximate surface area is 116 Å². The third-order valence-electron chi connectivity index (χ3n) is 3.51. The summed E-state index contributed by atoms with van der Waals surface area (Å²) in [5.41, 5.74) is 1.28. The first-order valence-electron chi connectivity index (χ1n) is 7.35. The van der Waals surface area contributed by atoms with Gasteiger partial charge in [-0.3, -0.25) is 4.90 Å². The molecule has 1 aromatic rings. The Morgan fingerprint density at radius 2 is 2.37 bits per heavy atom. The largest absolute Gasteiger partial charge is 0.376 e. The van der Waals surface area contributed by atoms with Crippen molar-refractivity contribution in [1.82, 2.24) is 9.88 Å². The number of anilines is 1. The second-order valence-corrected chi connectivity index (χ2v) is 5.07. The molecule has 0 radical (unpaired) electrons. The average Bonchev–Trinajstić information content (AvgIpc) is 2.46. The summed E-state index contributed by atoms with van der Waals surface area (Å²) >= 11 is 0. The van der Waals surface area contributed by atoms with Crippen LogP contribution in [0.15, 0.2) is 18.3 Å². The number of aromatic nitrogens is 1. The molecule has 1 atom stereocenters. The molecule has 1 unspecified atom stereocenters. The van der Waals surface area contributed by atoms with Gasteiger partial charge in [-0.2, -0.15) is 0 Å². The third-order valence-corrected chi connectivity index (χ3v) is 3.51. The van der Waals surface area contributed by atoms with E-state index in [-0.39, 0.29) is 0 Å². The van der Waals surface area contributed by atoms with Crippen molar-refractivity contribution in [3.63, 3.8) is 0 Å². The highest BCUT2D eigenvalue weighted by Crippen LogP contribution is 2.17. The number of nitrogens with one attached hydrogen (secondary N) is 1. The first-order valence-corrected chi connectivity index (χ1v) is 7.35. The summed E-state index contributed by atoms with van der Waals surface area (Å²) in [5, 5.41) is 3.41. The van der Waals surface area contributed by atoms with Crippen LogP contribution >= 0.6 is 0 Å². The van der Waals surface area contributed by atoms with Gasteiger partial charge in [0.1, 0.15) is 5.82 Å². The first-order chi connectivity index (χ1) is 9.33. The van der Waals surface area contributed by atoms with Crippen LogP contribution in [0.25, 0.3) is 0 Å². The predicted molar refractivity (Wildman–Crippen MR) is 78.3 cm³/mol. The van der Waals surface area contributed by atoms with Crippen LogP contribution in [-0.4, -0.2) is 42.2 Å².